The first-order chi connectivity index (χ1) is 9.35. The van der Waals surface area contributed by atoms with Gasteiger partial charge in [-0.2, -0.15) is 0 Å². The van der Waals surface area contributed by atoms with Crippen LogP contribution in [0.25, 0.3) is 0 Å². The molecule has 0 saturated heterocycles. The van der Waals surface area contributed by atoms with Crippen molar-refractivity contribution in [2.75, 3.05) is 19.0 Å². The zero-order valence-electron chi connectivity index (χ0n) is 12.7. The number of nitrogens with one attached hydrogen (secondary N) is 1. The molecule has 5 heteroatoms. The number of carbonyl (C=O) groups is 1. The summed E-state index contributed by atoms with van der Waals surface area (Å²) in [7, 11) is 1.63. The molecule has 0 aromatic heterocycles. The molecular weight excluding hydrogens is 256 g/mol. The van der Waals surface area contributed by atoms with Gasteiger partial charge in [-0.1, -0.05) is 0 Å². The highest BCUT2D eigenvalue weighted by Gasteiger charge is 2.16. The number of benzene rings is 1. The molecule has 3 N–H and O–H groups in total. The summed E-state index contributed by atoms with van der Waals surface area (Å²) in [6.07, 6.45) is 1.21. The summed E-state index contributed by atoms with van der Waals surface area (Å²) in [5.74, 6) is 0.799. The SMILES string of the molecule is COc1ccc(NC(=O)OC(C)(C)C)cc1CCCN. The van der Waals surface area contributed by atoms with Gasteiger partial charge in [-0.3, -0.25) is 5.32 Å². The number of ether oxygens (including phenoxy) is 2. The molecule has 0 fully saturated rings. The summed E-state index contributed by atoms with van der Waals surface area (Å²) < 4.78 is 10.5. The fourth-order valence-corrected chi connectivity index (χ4v) is 1.77. The lowest BCUT2D eigenvalue weighted by molar-refractivity contribution is 0.0636. The van der Waals surface area contributed by atoms with Crippen molar-refractivity contribution >= 4 is 11.8 Å². The van der Waals surface area contributed by atoms with Crippen LogP contribution in [0.1, 0.15) is 32.8 Å². The molecule has 1 aromatic rings. The summed E-state index contributed by atoms with van der Waals surface area (Å²) in [6.45, 7) is 6.10. The third-order valence-corrected chi connectivity index (χ3v) is 2.58. The van der Waals surface area contributed by atoms with E-state index in [-0.39, 0.29) is 0 Å². The van der Waals surface area contributed by atoms with Gasteiger partial charge in [0.1, 0.15) is 11.4 Å². The molecule has 1 rings (SSSR count). The van der Waals surface area contributed by atoms with Crippen molar-refractivity contribution in [1.82, 2.24) is 0 Å². The molecule has 0 bridgehead atoms. The van der Waals surface area contributed by atoms with Gasteiger partial charge >= 0.3 is 6.09 Å². The standard InChI is InChI=1S/C15H24N2O3/c1-15(2,3)20-14(18)17-12-7-8-13(19-4)11(10-12)6-5-9-16/h7-8,10H,5-6,9,16H2,1-4H3,(H,17,18). The zero-order chi connectivity index (χ0) is 15.2. The van der Waals surface area contributed by atoms with Crippen molar-refractivity contribution in [3.8, 4) is 5.75 Å². The zero-order valence-corrected chi connectivity index (χ0v) is 12.7. The summed E-state index contributed by atoms with van der Waals surface area (Å²) in [6, 6.07) is 5.51. The van der Waals surface area contributed by atoms with Gasteiger partial charge in [0.15, 0.2) is 0 Å². The molecule has 0 aliphatic carbocycles. The Kier molecular flexibility index (Phi) is 5.82. The molecule has 1 aromatic carbocycles. The number of carbonyl (C=O) groups excluding carboxylic acids is 1. The van der Waals surface area contributed by atoms with E-state index in [4.69, 9.17) is 15.2 Å². The van der Waals surface area contributed by atoms with Gasteiger partial charge in [-0.05, 0) is 63.9 Å². The smallest absolute Gasteiger partial charge is 0.412 e. The Bertz CT molecular complexity index is 453. The second-order valence-corrected chi connectivity index (χ2v) is 5.55. The predicted octanol–water partition coefficient (Wildman–Crippen LogP) is 2.93. The van der Waals surface area contributed by atoms with Gasteiger partial charge in [0, 0.05) is 5.69 Å². The molecule has 112 valence electrons. The van der Waals surface area contributed by atoms with Crippen LogP contribution in [0.2, 0.25) is 0 Å². The number of rotatable bonds is 5. The van der Waals surface area contributed by atoms with Crippen molar-refractivity contribution in [3.63, 3.8) is 0 Å². The number of amides is 1. The molecule has 0 radical (unpaired) electrons. The van der Waals surface area contributed by atoms with Crippen LogP contribution in [0.5, 0.6) is 5.75 Å². The van der Waals surface area contributed by atoms with Crippen molar-refractivity contribution in [2.45, 2.75) is 39.2 Å². The molecule has 1 amide bonds. The Balaban J connectivity index is 2.78. The van der Waals surface area contributed by atoms with Crippen molar-refractivity contribution in [3.05, 3.63) is 23.8 Å². The Hall–Kier alpha value is -1.75. The number of aryl methyl sites for hydroxylation is 1. The van der Waals surface area contributed by atoms with Crippen LogP contribution >= 0.6 is 0 Å². The van der Waals surface area contributed by atoms with Gasteiger partial charge in [-0.15, -0.1) is 0 Å². The van der Waals surface area contributed by atoms with Crippen molar-refractivity contribution in [2.24, 2.45) is 5.73 Å². The highest BCUT2D eigenvalue weighted by atomic mass is 16.6. The van der Waals surface area contributed by atoms with Gasteiger partial charge in [-0.25, -0.2) is 4.79 Å². The van der Waals surface area contributed by atoms with Gasteiger partial charge in [0.05, 0.1) is 7.11 Å². The molecule has 0 unspecified atom stereocenters. The molecule has 0 atom stereocenters. The van der Waals surface area contributed by atoms with Crippen molar-refractivity contribution < 1.29 is 14.3 Å². The first-order valence-electron chi connectivity index (χ1n) is 6.72. The Morgan fingerprint density at radius 2 is 2.05 bits per heavy atom. The van der Waals surface area contributed by atoms with E-state index in [1.165, 1.54) is 0 Å². The minimum Gasteiger partial charge on any atom is -0.496 e. The number of anilines is 1. The quantitative estimate of drug-likeness (QED) is 0.869. The number of hydrogen-bond acceptors (Lipinski definition) is 4. The second kappa shape index (κ2) is 7.14. The first-order valence-corrected chi connectivity index (χ1v) is 6.72. The Morgan fingerprint density at radius 3 is 2.60 bits per heavy atom. The number of hydrogen-bond donors (Lipinski definition) is 2. The van der Waals surface area contributed by atoms with E-state index in [0.29, 0.717) is 12.2 Å². The lowest BCUT2D eigenvalue weighted by atomic mass is 10.1. The lowest BCUT2D eigenvalue weighted by Crippen LogP contribution is -2.27. The average Bonchev–Trinajstić information content (AvgIpc) is 2.34. The van der Waals surface area contributed by atoms with Gasteiger partial charge < -0.3 is 15.2 Å². The summed E-state index contributed by atoms with van der Waals surface area (Å²) in [5.41, 5.74) is 6.72. The van der Waals surface area contributed by atoms with E-state index >= 15 is 0 Å². The van der Waals surface area contributed by atoms with Gasteiger partial charge in [0.2, 0.25) is 0 Å². The van der Waals surface area contributed by atoms with Crippen LogP contribution in [0.15, 0.2) is 18.2 Å². The van der Waals surface area contributed by atoms with E-state index in [1.807, 2.05) is 32.9 Å². The molecule has 5 nitrogen and oxygen atoms in total. The summed E-state index contributed by atoms with van der Waals surface area (Å²) in [4.78, 5) is 11.7. The predicted molar refractivity (Wildman–Crippen MR) is 80.2 cm³/mol. The van der Waals surface area contributed by atoms with Gasteiger partial charge in [0.25, 0.3) is 0 Å². The Labute approximate surface area is 120 Å². The normalized spacial score (nSPS) is 11.1. The summed E-state index contributed by atoms with van der Waals surface area (Å²) in [5, 5.41) is 2.72. The van der Waals surface area contributed by atoms with Crippen LogP contribution in [0, 0.1) is 0 Å². The van der Waals surface area contributed by atoms with E-state index < -0.39 is 11.7 Å². The largest absolute Gasteiger partial charge is 0.496 e. The molecule has 0 aliphatic rings. The van der Waals surface area contributed by atoms with Crippen LogP contribution in [0.3, 0.4) is 0 Å². The maximum atomic E-state index is 11.7. The fraction of sp³-hybridized carbons (Fsp3) is 0.533. The molecule has 0 heterocycles. The lowest BCUT2D eigenvalue weighted by Gasteiger charge is -2.20. The maximum Gasteiger partial charge on any atom is 0.412 e. The maximum absolute atomic E-state index is 11.7. The van der Waals surface area contributed by atoms with E-state index in [2.05, 4.69) is 5.32 Å². The summed E-state index contributed by atoms with van der Waals surface area (Å²) >= 11 is 0. The molecule has 20 heavy (non-hydrogen) atoms. The van der Waals surface area contributed by atoms with Crippen molar-refractivity contribution in [1.29, 1.82) is 0 Å². The van der Waals surface area contributed by atoms with E-state index in [1.54, 1.807) is 13.2 Å². The third kappa shape index (κ3) is 5.48. The first kappa shape index (κ1) is 16.3. The minimum absolute atomic E-state index is 0.465. The molecule has 0 spiro atoms. The van der Waals surface area contributed by atoms with E-state index in [0.717, 1.165) is 24.2 Å². The molecule has 0 aliphatic heterocycles. The topological polar surface area (TPSA) is 73.6 Å². The highest BCUT2D eigenvalue weighted by molar-refractivity contribution is 5.85. The van der Waals surface area contributed by atoms with Crippen LogP contribution < -0.4 is 15.8 Å². The fourth-order valence-electron chi connectivity index (χ4n) is 1.77. The van der Waals surface area contributed by atoms with E-state index in [9.17, 15) is 4.79 Å². The monoisotopic (exact) mass is 280 g/mol. The van der Waals surface area contributed by atoms with Crippen LogP contribution in [-0.4, -0.2) is 25.3 Å². The second-order valence-electron chi connectivity index (χ2n) is 5.55. The minimum atomic E-state index is -0.515. The number of nitrogens with two attached hydrogens (primary N) is 1. The number of methoxy groups -OCH3 is 1. The molecule has 0 saturated carbocycles. The molecular formula is C15H24N2O3. The van der Waals surface area contributed by atoms with Crippen LogP contribution in [-0.2, 0) is 11.2 Å². The average molecular weight is 280 g/mol. The Morgan fingerprint density at radius 1 is 1.35 bits per heavy atom. The van der Waals surface area contributed by atoms with Crippen LogP contribution in [0.4, 0.5) is 10.5 Å². The third-order valence-electron chi connectivity index (χ3n) is 2.58. The highest BCUT2D eigenvalue weighted by Crippen LogP contribution is 2.24.